The molecule has 2 aromatic rings. The van der Waals surface area contributed by atoms with Crippen molar-refractivity contribution in [3.8, 4) is 0 Å². The van der Waals surface area contributed by atoms with Crippen LogP contribution in [0.4, 0.5) is 5.95 Å². The normalized spacial score (nSPS) is 16.9. The summed E-state index contributed by atoms with van der Waals surface area (Å²) in [6, 6.07) is 5.74. The maximum atomic E-state index is 6.14. The van der Waals surface area contributed by atoms with E-state index >= 15 is 0 Å². The lowest BCUT2D eigenvalue weighted by Crippen LogP contribution is -2.19. The molecule has 20 heavy (non-hydrogen) atoms. The molecule has 1 aliphatic carbocycles. The summed E-state index contributed by atoms with van der Waals surface area (Å²) in [4.78, 5) is 4.33. The van der Waals surface area contributed by atoms with E-state index in [0.717, 1.165) is 17.6 Å². The summed E-state index contributed by atoms with van der Waals surface area (Å²) in [6.45, 7) is 1.39. The molecule has 0 radical (unpaired) electrons. The molecule has 0 unspecified atom stereocenters. The van der Waals surface area contributed by atoms with E-state index in [1.165, 1.54) is 32.1 Å². The fourth-order valence-corrected chi connectivity index (χ4v) is 3.12. The fraction of sp³-hybridized carbons (Fsp3) is 0.533. The molecule has 1 aliphatic rings. The molecule has 0 saturated heterocycles. The Morgan fingerprint density at radius 2 is 2.10 bits per heavy atom. The molecule has 5 heteroatoms. The molecule has 2 N–H and O–H groups in total. The van der Waals surface area contributed by atoms with Crippen LogP contribution in [-0.2, 0) is 11.3 Å². The van der Waals surface area contributed by atoms with Crippen molar-refractivity contribution in [3.05, 3.63) is 23.2 Å². The number of hydrogen-bond donors (Lipinski definition) is 1. The lowest BCUT2D eigenvalue weighted by molar-refractivity contribution is 0.0246. The molecule has 1 fully saturated rings. The van der Waals surface area contributed by atoms with E-state index in [9.17, 15) is 0 Å². The predicted octanol–water partition coefficient (Wildman–Crippen LogP) is 3.62. The molecule has 0 aliphatic heterocycles. The van der Waals surface area contributed by atoms with E-state index in [-0.39, 0.29) is 0 Å². The van der Waals surface area contributed by atoms with Gasteiger partial charge in [0.15, 0.2) is 0 Å². The Morgan fingerprint density at radius 1 is 1.30 bits per heavy atom. The topological polar surface area (TPSA) is 53.1 Å². The minimum absolute atomic E-state index is 0.420. The number of ether oxygens (including phenoxy) is 1. The first-order valence-corrected chi connectivity index (χ1v) is 7.65. The van der Waals surface area contributed by atoms with Gasteiger partial charge in [-0.1, -0.05) is 36.9 Å². The average molecular weight is 294 g/mol. The number of anilines is 1. The van der Waals surface area contributed by atoms with Gasteiger partial charge in [0.05, 0.1) is 23.3 Å². The van der Waals surface area contributed by atoms with Crippen LogP contribution in [0.15, 0.2) is 18.2 Å². The van der Waals surface area contributed by atoms with Gasteiger partial charge in [-0.2, -0.15) is 0 Å². The van der Waals surface area contributed by atoms with E-state index in [0.29, 0.717) is 23.7 Å². The number of aromatic nitrogens is 2. The number of benzene rings is 1. The Hall–Kier alpha value is -1.26. The zero-order valence-electron chi connectivity index (χ0n) is 11.5. The van der Waals surface area contributed by atoms with E-state index in [1.807, 2.05) is 22.8 Å². The number of imidazole rings is 1. The Labute approximate surface area is 123 Å². The lowest BCUT2D eigenvalue weighted by atomic mass is 9.98. The van der Waals surface area contributed by atoms with Crippen LogP contribution < -0.4 is 5.73 Å². The number of halogens is 1. The van der Waals surface area contributed by atoms with Crippen molar-refractivity contribution in [2.24, 2.45) is 0 Å². The number of para-hydroxylation sites is 1. The summed E-state index contributed by atoms with van der Waals surface area (Å²) in [6.07, 6.45) is 6.71. The fourth-order valence-electron chi connectivity index (χ4n) is 2.91. The number of nitrogen functional groups attached to an aromatic ring is 1. The van der Waals surface area contributed by atoms with Gasteiger partial charge in [-0.15, -0.1) is 0 Å². The second-order valence-electron chi connectivity index (χ2n) is 5.36. The summed E-state index contributed by atoms with van der Waals surface area (Å²) in [7, 11) is 0. The molecule has 3 rings (SSSR count). The molecule has 0 bridgehead atoms. The zero-order chi connectivity index (χ0) is 13.9. The van der Waals surface area contributed by atoms with Crippen molar-refractivity contribution in [2.45, 2.75) is 44.8 Å². The highest BCUT2D eigenvalue weighted by atomic mass is 35.5. The van der Waals surface area contributed by atoms with Crippen molar-refractivity contribution in [3.63, 3.8) is 0 Å². The SMILES string of the molecule is Nc1nc2c(Cl)cccc2n1CCOC1CCCCC1. The second kappa shape index (κ2) is 6.02. The first-order chi connectivity index (χ1) is 9.75. The highest BCUT2D eigenvalue weighted by molar-refractivity contribution is 6.35. The maximum Gasteiger partial charge on any atom is 0.201 e. The average Bonchev–Trinajstić information content (AvgIpc) is 2.78. The Balaban J connectivity index is 1.68. The first kappa shape index (κ1) is 13.7. The molecule has 1 aromatic heterocycles. The molecule has 108 valence electrons. The number of nitrogens with zero attached hydrogens (tertiary/aromatic N) is 2. The highest BCUT2D eigenvalue weighted by Crippen LogP contribution is 2.25. The van der Waals surface area contributed by atoms with Crippen molar-refractivity contribution >= 4 is 28.6 Å². The van der Waals surface area contributed by atoms with Crippen LogP contribution in [0, 0.1) is 0 Å². The monoisotopic (exact) mass is 293 g/mol. The maximum absolute atomic E-state index is 6.14. The van der Waals surface area contributed by atoms with Gasteiger partial charge in [-0.25, -0.2) is 4.98 Å². The molecule has 0 atom stereocenters. The van der Waals surface area contributed by atoms with Crippen LogP contribution in [0.25, 0.3) is 11.0 Å². The molecule has 1 saturated carbocycles. The predicted molar refractivity (Wildman–Crippen MR) is 82.0 cm³/mol. The van der Waals surface area contributed by atoms with Crippen molar-refractivity contribution in [1.82, 2.24) is 9.55 Å². The second-order valence-corrected chi connectivity index (χ2v) is 5.77. The number of nitrogens with two attached hydrogens (primary N) is 1. The van der Waals surface area contributed by atoms with Gasteiger partial charge in [0.2, 0.25) is 5.95 Å². The van der Waals surface area contributed by atoms with Gasteiger partial charge in [-0.3, -0.25) is 0 Å². The Morgan fingerprint density at radius 3 is 2.90 bits per heavy atom. The lowest BCUT2D eigenvalue weighted by Gasteiger charge is -2.22. The largest absolute Gasteiger partial charge is 0.376 e. The molecule has 1 aromatic carbocycles. The standard InChI is InChI=1S/C15H20ClN3O/c16-12-7-4-8-13-14(12)18-15(17)19(13)9-10-20-11-5-2-1-3-6-11/h4,7-8,11H,1-3,5-6,9-10H2,(H2,17,18). The molecule has 0 amide bonds. The highest BCUT2D eigenvalue weighted by Gasteiger charge is 2.14. The van der Waals surface area contributed by atoms with E-state index < -0.39 is 0 Å². The zero-order valence-corrected chi connectivity index (χ0v) is 12.3. The molecule has 1 heterocycles. The Kier molecular flexibility index (Phi) is 4.13. The van der Waals surface area contributed by atoms with Crippen molar-refractivity contribution in [1.29, 1.82) is 0 Å². The summed E-state index contributed by atoms with van der Waals surface area (Å²) < 4.78 is 7.93. The third-order valence-electron chi connectivity index (χ3n) is 3.98. The van der Waals surface area contributed by atoms with Gasteiger partial charge >= 0.3 is 0 Å². The van der Waals surface area contributed by atoms with E-state index in [1.54, 1.807) is 0 Å². The first-order valence-electron chi connectivity index (χ1n) is 7.27. The van der Waals surface area contributed by atoms with Gasteiger partial charge in [0, 0.05) is 6.54 Å². The molecule has 4 nitrogen and oxygen atoms in total. The summed E-state index contributed by atoms with van der Waals surface area (Å²) >= 11 is 6.14. The molecular formula is C15H20ClN3O. The summed E-state index contributed by atoms with van der Waals surface area (Å²) in [5.74, 6) is 0.500. The number of rotatable bonds is 4. The van der Waals surface area contributed by atoms with Crippen LogP contribution >= 0.6 is 11.6 Å². The molecule has 0 spiro atoms. The van der Waals surface area contributed by atoms with Gasteiger partial charge in [0.1, 0.15) is 5.52 Å². The van der Waals surface area contributed by atoms with Crippen LogP contribution in [0.5, 0.6) is 0 Å². The van der Waals surface area contributed by atoms with Gasteiger partial charge in [0.25, 0.3) is 0 Å². The van der Waals surface area contributed by atoms with Crippen LogP contribution in [0.2, 0.25) is 5.02 Å². The minimum atomic E-state index is 0.420. The van der Waals surface area contributed by atoms with Gasteiger partial charge in [-0.05, 0) is 25.0 Å². The third kappa shape index (κ3) is 2.76. The van der Waals surface area contributed by atoms with Crippen LogP contribution in [0.3, 0.4) is 0 Å². The van der Waals surface area contributed by atoms with Crippen molar-refractivity contribution in [2.75, 3.05) is 12.3 Å². The molecular weight excluding hydrogens is 274 g/mol. The quantitative estimate of drug-likeness (QED) is 0.936. The van der Waals surface area contributed by atoms with E-state index in [4.69, 9.17) is 22.1 Å². The number of fused-ring (bicyclic) bond motifs is 1. The van der Waals surface area contributed by atoms with Crippen molar-refractivity contribution < 1.29 is 4.74 Å². The van der Waals surface area contributed by atoms with Crippen LogP contribution in [-0.4, -0.2) is 22.3 Å². The summed E-state index contributed by atoms with van der Waals surface area (Å²) in [5, 5.41) is 0.640. The summed E-state index contributed by atoms with van der Waals surface area (Å²) in [5.41, 5.74) is 7.72. The van der Waals surface area contributed by atoms with Crippen LogP contribution in [0.1, 0.15) is 32.1 Å². The van der Waals surface area contributed by atoms with E-state index in [2.05, 4.69) is 4.98 Å². The third-order valence-corrected chi connectivity index (χ3v) is 4.28. The van der Waals surface area contributed by atoms with Gasteiger partial charge < -0.3 is 15.0 Å². The smallest absolute Gasteiger partial charge is 0.201 e. The Bertz CT molecular complexity index is 590. The number of hydrogen-bond acceptors (Lipinski definition) is 3. The minimum Gasteiger partial charge on any atom is -0.376 e.